The fourth-order valence-electron chi connectivity index (χ4n) is 3.20. The molecule has 21 heavy (non-hydrogen) atoms. The first-order valence-corrected chi connectivity index (χ1v) is 7.22. The van der Waals surface area contributed by atoms with Crippen molar-refractivity contribution < 1.29 is 19.0 Å². The van der Waals surface area contributed by atoms with Gasteiger partial charge in [-0.25, -0.2) is 9.18 Å². The van der Waals surface area contributed by atoms with E-state index in [0.717, 1.165) is 24.3 Å². The van der Waals surface area contributed by atoms with Gasteiger partial charge in [0.15, 0.2) is 11.3 Å². The lowest BCUT2D eigenvalue weighted by Crippen LogP contribution is -2.58. The molecule has 1 amide bonds. The number of nitrogens with one attached hydrogen (secondary N) is 1. The Balaban J connectivity index is 1.85. The van der Waals surface area contributed by atoms with Gasteiger partial charge in [-0.3, -0.25) is 5.43 Å². The number of hydrogen-bond donors (Lipinski definition) is 2. The summed E-state index contributed by atoms with van der Waals surface area (Å²) in [6.45, 7) is 1.58. The maximum Gasteiger partial charge on any atom is 0.432 e. The summed E-state index contributed by atoms with van der Waals surface area (Å²) in [6.07, 6.45) is 3.62. The van der Waals surface area contributed by atoms with Gasteiger partial charge in [-0.05, 0) is 56.9 Å². The summed E-state index contributed by atoms with van der Waals surface area (Å²) in [6, 6.07) is 5.58. The topological polar surface area (TPSA) is 61.8 Å². The molecule has 1 aliphatic carbocycles. The van der Waals surface area contributed by atoms with Gasteiger partial charge in [0.05, 0.1) is 5.69 Å². The summed E-state index contributed by atoms with van der Waals surface area (Å²) in [4.78, 5) is 12.1. The van der Waals surface area contributed by atoms with E-state index in [1.165, 1.54) is 24.3 Å². The molecule has 0 radical (unpaired) electrons. The van der Waals surface area contributed by atoms with E-state index in [9.17, 15) is 14.3 Å². The van der Waals surface area contributed by atoms with Crippen molar-refractivity contribution in [2.24, 2.45) is 0 Å². The van der Waals surface area contributed by atoms with Crippen molar-refractivity contribution in [1.29, 1.82) is 0 Å². The highest BCUT2D eigenvalue weighted by molar-refractivity contribution is 5.74. The minimum Gasteiger partial charge on any atom is -0.436 e. The number of carbonyl (C=O) groups excluding carboxylic acids is 1. The summed E-state index contributed by atoms with van der Waals surface area (Å²) in [5.41, 5.74) is 1.03. The number of anilines is 1. The molecule has 114 valence electrons. The fraction of sp³-hybridized carbons (Fsp3) is 0.533. The SMILES string of the molecule is C[C@@]1(O)N(Nc2ccc(F)cc2)C(=O)OC12CCCCC2. The molecule has 1 saturated carbocycles. The Hall–Kier alpha value is -1.82. The van der Waals surface area contributed by atoms with Crippen LogP contribution in [0.5, 0.6) is 0 Å². The Morgan fingerprint density at radius 1 is 1.24 bits per heavy atom. The summed E-state index contributed by atoms with van der Waals surface area (Å²) in [5.74, 6) is -0.361. The molecule has 1 saturated heterocycles. The molecule has 1 aromatic carbocycles. The molecule has 1 aliphatic heterocycles. The lowest BCUT2D eigenvalue weighted by atomic mass is 9.78. The monoisotopic (exact) mass is 294 g/mol. The zero-order valence-corrected chi connectivity index (χ0v) is 11.9. The maximum atomic E-state index is 12.9. The number of hydrogen-bond acceptors (Lipinski definition) is 4. The molecule has 3 rings (SSSR count). The van der Waals surface area contributed by atoms with Gasteiger partial charge in [0, 0.05) is 0 Å². The van der Waals surface area contributed by atoms with Crippen LogP contribution in [0.25, 0.3) is 0 Å². The maximum absolute atomic E-state index is 12.9. The van der Waals surface area contributed by atoms with Gasteiger partial charge in [0.2, 0.25) is 0 Å². The summed E-state index contributed by atoms with van der Waals surface area (Å²) < 4.78 is 18.4. The van der Waals surface area contributed by atoms with E-state index < -0.39 is 17.4 Å². The predicted octanol–water partition coefficient (Wildman–Crippen LogP) is 3.02. The third-order valence-corrected chi connectivity index (χ3v) is 4.51. The molecule has 0 bridgehead atoms. The molecule has 2 fully saturated rings. The standard InChI is InChI=1S/C15H19FN2O3/c1-14(20)15(9-3-2-4-10-15)21-13(19)18(14)17-12-7-5-11(16)6-8-12/h5-8,17,20H,2-4,9-10H2,1H3/t14-/m0/s1. The van der Waals surface area contributed by atoms with E-state index in [1.807, 2.05) is 0 Å². The second kappa shape index (κ2) is 4.87. The number of carbonyl (C=O) groups is 1. The number of benzene rings is 1. The van der Waals surface area contributed by atoms with Crippen molar-refractivity contribution in [1.82, 2.24) is 5.01 Å². The van der Waals surface area contributed by atoms with Crippen LogP contribution in [-0.2, 0) is 4.74 Å². The number of amides is 1. The average Bonchev–Trinajstić information content (AvgIpc) is 2.63. The Morgan fingerprint density at radius 3 is 2.48 bits per heavy atom. The van der Waals surface area contributed by atoms with Crippen LogP contribution in [0.3, 0.4) is 0 Å². The van der Waals surface area contributed by atoms with Crippen molar-refractivity contribution in [2.75, 3.05) is 5.43 Å². The lowest BCUT2D eigenvalue weighted by Gasteiger charge is -2.41. The van der Waals surface area contributed by atoms with Crippen LogP contribution in [0, 0.1) is 5.82 Å². The molecule has 5 nitrogen and oxygen atoms in total. The normalized spacial score (nSPS) is 27.8. The third-order valence-electron chi connectivity index (χ3n) is 4.51. The molecular formula is C15H19FN2O3. The summed E-state index contributed by atoms with van der Waals surface area (Å²) in [5, 5.41) is 12.0. The molecule has 1 heterocycles. The Bertz CT molecular complexity index is 538. The summed E-state index contributed by atoms with van der Waals surface area (Å²) >= 11 is 0. The first kappa shape index (κ1) is 14.1. The van der Waals surface area contributed by atoms with Crippen LogP contribution in [0.15, 0.2) is 24.3 Å². The van der Waals surface area contributed by atoms with Crippen molar-refractivity contribution in [3.63, 3.8) is 0 Å². The highest BCUT2D eigenvalue weighted by Gasteiger charge is 2.62. The van der Waals surface area contributed by atoms with Crippen LogP contribution in [0.2, 0.25) is 0 Å². The van der Waals surface area contributed by atoms with Gasteiger partial charge >= 0.3 is 6.09 Å². The number of aliphatic hydroxyl groups is 1. The fourth-order valence-corrected chi connectivity index (χ4v) is 3.20. The van der Waals surface area contributed by atoms with E-state index in [2.05, 4.69) is 5.43 Å². The average molecular weight is 294 g/mol. The van der Waals surface area contributed by atoms with Crippen LogP contribution in [0.1, 0.15) is 39.0 Å². The Kier molecular flexibility index (Phi) is 3.28. The molecule has 0 unspecified atom stereocenters. The van der Waals surface area contributed by atoms with Gasteiger partial charge in [0.25, 0.3) is 0 Å². The smallest absolute Gasteiger partial charge is 0.432 e. The molecule has 1 aromatic rings. The van der Waals surface area contributed by atoms with E-state index in [4.69, 9.17) is 4.74 Å². The first-order valence-electron chi connectivity index (χ1n) is 7.22. The van der Waals surface area contributed by atoms with Gasteiger partial charge in [-0.1, -0.05) is 6.42 Å². The molecule has 6 heteroatoms. The van der Waals surface area contributed by atoms with Crippen molar-refractivity contribution in [3.05, 3.63) is 30.1 Å². The zero-order chi connectivity index (χ0) is 15.1. The number of rotatable bonds is 2. The number of hydrazine groups is 1. The highest BCUT2D eigenvalue weighted by atomic mass is 19.1. The molecule has 2 aliphatic rings. The quantitative estimate of drug-likeness (QED) is 0.880. The van der Waals surface area contributed by atoms with E-state index in [1.54, 1.807) is 6.92 Å². The van der Waals surface area contributed by atoms with Gasteiger partial charge < -0.3 is 9.84 Å². The Labute approximate surface area is 122 Å². The first-order chi connectivity index (χ1) is 9.95. The largest absolute Gasteiger partial charge is 0.436 e. The second-order valence-corrected chi connectivity index (χ2v) is 5.90. The molecule has 2 N–H and O–H groups in total. The lowest BCUT2D eigenvalue weighted by molar-refractivity contribution is -0.154. The van der Waals surface area contributed by atoms with Crippen LogP contribution in [0.4, 0.5) is 14.9 Å². The van der Waals surface area contributed by atoms with E-state index in [-0.39, 0.29) is 5.82 Å². The van der Waals surface area contributed by atoms with Crippen LogP contribution >= 0.6 is 0 Å². The Morgan fingerprint density at radius 2 is 1.86 bits per heavy atom. The van der Waals surface area contributed by atoms with Crippen molar-refractivity contribution in [3.8, 4) is 0 Å². The van der Waals surface area contributed by atoms with Crippen LogP contribution < -0.4 is 5.43 Å². The van der Waals surface area contributed by atoms with E-state index >= 15 is 0 Å². The van der Waals surface area contributed by atoms with E-state index in [0.29, 0.717) is 18.5 Å². The second-order valence-electron chi connectivity index (χ2n) is 5.90. The predicted molar refractivity (Wildman–Crippen MR) is 74.8 cm³/mol. The minimum absolute atomic E-state index is 0.361. The zero-order valence-electron chi connectivity index (χ0n) is 11.9. The third kappa shape index (κ3) is 2.23. The van der Waals surface area contributed by atoms with Gasteiger partial charge in [0.1, 0.15) is 5.82 Å². The van der Waals surface area contributed by atoms with Gasteiger partial charge in [-0.2, -0.15) is 5.01 Å². The number of ether oxygens (including phenoxy) is 1. The molecule has 1 atom stereocenters. The molecule has 0 aromatic heterocycles. The summed E-state index contributed by atoms with van der Waals surface area (Å²) in [7, 11) is 0. The molecular weight excluding hydrogens is 275 g/mol. The van der Waals surface area contributed by atoms with Crippen molar-refractivity contribution >= 4 is 11.8 Å². The number of halogens is 1. The number of nitrogens with zero attached hydrogens (tertiary/aromatic N) is 1. The van der Waals surface area contributed by atoms with Crippen molar-refractivity contribution in [2.45, 2.75) is 50.4 Å². The minimum atomic E-state index is -1.45. The van der Waals surface area contributed by atoms with Gasteiger partial charge in [-0.15, -0.1) is 0 Å². The highest BCUT2D eigenvalue weighted by Crippen LogP contribution is 2.46. The van der Waals surface area contributed by atoms with Crippen LogP contribution in [-0.4, -0.2) is 27.5 Å². The molecule has 1 spiro atoms.